The van der Waals surface area contributed by atoms with E-state index in [4.69, 9.17) is 4.74 Å². The molecule has 0 spiro atoms. The van der Waals surface area contributed by atoms with Gasteiger partial charge in [-0.25, -0.2) is 0 Å². The second-order valence-corrected chi connectivity index (χ2v) is 6.44. The first-order valence-corrected chi connectivity index (χ1v) is 8.06. The lowest BCUT2D eigenvalue weighted by Gasteiger charge is -2.39. The topological polar surface area (TPSA) is 24.5 Å². The lowest BCUT2D eigenvalue weighted by molar-refractivity contribution is 0.0353. The monoisotopic (exact) mass is 272 g/mol. The van der Waals surface area contributed by atoms with Crippen LogP contribution in [-0.4, -0.2) is 43.3 Å². The van der Waals surface area contributed by atoms with Gasteiger partial charge in [0.15, 0.2) is 0 Å². The Morgan fingerprint density at radius 1 is 1.10 bits per heavy atom. The number of benzene rings is 1. The average molecular weight is 272 g/mol. The number of piperazine rings is 1. The van der Waals surface area contributed by atoms with Crippen molar-refractivity contribution in [1.82, 2.24) is 10.2 Å². The second kappa shape index (κ2) is 5.47. The van der Waals surface area contributed by atoms with E-state index >= 15 is 0 Å². The Labute approximate surface area is 121 Å². The van der Waals surface area contributed by atoms with Gasteiger partial charge in [-0.1, -0.05) is 30.3 Å². The third-order valence-corrected chi connectivity index (χ3v) is 5.07. The van der Waals surface area contributed by atoms with E-state index < -0.39 is 0 Å². The van der Waals surface area contributed by atoms with E-state index in [-0.39, 0.29) is 0 Å². The van der Waals surface area contributed by atoms with Crippen molar-refractivity contribution in [2.75, 3.05) is 26.2 Å². The Morgan fingerprint density at radius 2 is 1.95 bits per heavy atom. The van der Waals surface area contributed by atoms with Gasteiger partial charge in [-0.05, 0) is 30.7 Å². The van der Waals surface area contributed by atoms with Gasteiger partial charge in [0.05, 0.1) is 6.10 Å². The molecule has 1 aromatic carbocycles. The van der Waals surface area contributed by atoms with Crippen molar-refractivity contribution in [3.8, 4) is 0 Å². The van der Waals surface area contributed by atoms with Gasteiger partial charge < -0.3 is 10.1 Å². The van der Waals surface area contributed by atoms with Crippen LogP contribution < -0.4 is 5.32 Å². The van der Waals surface area contributed by atoms with Crippen LogP contribution >= 0.6 is 0 Å². The van der Waals surface area contributed by atoms with E-state index in [1.54, 1.807) is 0 Å². The first-order chi connectivity index (χ1) is 9.92. The van der Waals surface area contributed by atoms with Crippen LogP contribution in [0.25, 0.3) is 0 Å². The van der Waals surface area contributed by atoms with Crippen LogP contribution in [0.1, 0.15) is 30.9 Å². The molecule has 1 aromatic rings. The van der Waals surface area contributed by atoms with Gasteiger partial charge in [0.25, 0.3) is 0 Å². The molecule has 3 nitrogen and oxygen atoms in total. The van der Waals surface area contributed by atoms with Crippen LogP contribution in [0.5, 0.6) is 0 Å². The number of hydrogen-bond donors (Lipinski definition) is 1. The van der Waals surface area contributed by atoms with Crippen LogP contribution in [-0.2, 0) is 4.74 Å². The van der Waals surface area contributed by atoms with Crippen LogP contribution in [0.3, 0.4) is 0 Å². The lowest BCUT2D eigenvalue weighted by Crippen LogP contribution is -2.52. The van der Waals surface area contributed by atoms with Crippen LogP contribution in [0, 0.1) is 5.92 Å². The average Bonchev–Trinajstić information content (AvgIpc) is 3.25. The van der Waals surface area contributed by atoms with Crippen molar-refractivity contribution in [2.45, 2.75) is 37.5 Å². The summed E-state index contributed by atoms with van der Waals surface area (Å²) in [7, 11) is 0. The van der Waals surface area contributed by atoms with Crippen molar-refractivity contribution in [2.24, 2.45) is 5.92 Å². The second-order valence-electron chi connectivity index (χ2n) is 6.44. The predicted molar refractivity (Wildman–Crippen MR) is 79.6 cm³/mol. The zero-order chi connectivity index (χ0) is 13.4. The van der Waals surface area contributed by atoms with Crippen molar-refractivity contribution < 1.29 is 4.74 Å². The Kier molecular flexibility index (Phi) is 3.51. The van der Waals surface area contributed by atoms with Gasteiger partial charge in [0, 0.05) is 38.3 Å². The molecule has 4 rings (SSSR count). The normalized spacial score (nSPS) is 35.3. The fraction of sp³-hybridized carbons (Fsp3) is 0.647. The lowest BCUT2D eigenvalue weighted by atomic mass is 9.99. The van der Waals surface area contributed by atoms with Gasteiger partial charge >= 0.3 is 0 Å². The molecule has 3 heteroatoms. The number of hydrogen-bond acceptors (Lipinski definition) is 3. The maximum absolute atomic E-state index is 6.02. The number of ether oxygens (including phenoxy) is 1. The van der Waals surface area contributed by atoms with Gasteiger partial charge in [0.2, 0.25) is 0 Å². The maximum Gasteiger partial charge on any atom is 0.0759 e. The molecule has 0 radical (unpaired) electrons. The highest BCUT2D eigenvalue weighted by Gasteiger charge is 2.43. The van der Waals surface area contributed by atoms with E-state index in [0.29, 0.717) is 18.2 Å². The minimum Gasteiger partial charge on any atom is -0.376 e. The van der Waals surface area contributed by atoms with Gasteiger partial charge in [-0.3, -0.25) is 4.90 Å². The molecule has 3 unspecified atom stereocenters. The molecule has 1 aliphatic carbocycles. The molecule has 20 heavy (non-hydrogen) atoms. The zero-order valence-corrected chi connectivity index (χ0v) is 12.0. The summed E-state index contributed by atoms with van der Waals surface area (Å²) in [5, 5.41) is 3.67. The first kappa shape index (κ1) is 12.8. The van der Waals surface area contributed by atoms with Gasteiger partial charge in [-0.2, -0.15) is 0 Å². The molecule has 2 heterocycles. The summed E-state index contributed by atoms with van der Waals surface area (Å²) in [4.78, 5) is 2.68. The quantitative estimate of drug-likeness (QED) is 0.913. The van der Waals surface area contributed by atoms with E-state index in [1.165, 1.54) is 31.4 Å². The van der Waals surface area contributed by atoms with Crippen molar-refractivity contribution in [3.05, 3.63) is 35.9 Å². The largest absolute Gasteiger partial charge is 0.376 e. The summed E-state index contributed by atoms with van der Waals surface area (Å²) in [5.74, 6) is 0.854. The summed E-state index contributed by atoms with van der Waals surface area (Å²) in [6.45, 7) is 4.35. The fourth-order valence-corrected chi connectivity index (χ4v) is 3.85. The minimum absolute atomic E-state index is 0.477. The Balaban J connectivity index is 1.46. The summed E-state index contributed by atoms with van der Waals surface area (Å²) in [6, 6.07) is 12.0. The number of nitrogens with zero attached hydrogens (tertiary/aromatic N) is 1. The van der Waals surface area contributed by atoms with Crippen LogP contribution in [0.4, 0.5) is 0 Å². The maximum atomic E-state index is 6.02. The zero-order valence-electron chi connectivity index (χ0n) is 12.0. The third-order valence-electron chi connectivity index (χ3n) is 5.07. The third kappa shape index (κ3) is 2.50. The minimum atomic E-state index is 0.477. The molecule has 1 saturated carbocycles. The van der Waals surface area contributed by atoms with E-state index in [9.17, 15) is 0 Å². The molecule has 3 atom stereocenters. The van der Waals surface area contributed by atoms with E-state index in [0.717, 1.165) is 25.6 Å². The number of rotatable bonds is 3. The van der Waals surface area contributed by atoms with E-state index in [2.05, 4.69) is 40.5 Å². The molecular weight excluding hydrogens is 248 g/mol. The van der Waals surface area contributed by atoms with Gasteiger partial charge in [-0.15, -0.1) is 0 Å². The molecule has 2 saturated heterocycles. The summed E-state index contributed by atoms with van der Waals surface area (Å²) in [5.41, 5.74) is 1.42. The molecule has 3 aliphatic rings. The number of nitrogens with one attached hydrogen (secondary N) is 1. The molecule has 108 valence electrons. The molecule has 0 amide bonds. The summed E-state index contributed by atoms with van der Waals surface area (Å²) >= 11 is 0. The Bertz CT molecular complexity index is 446. The van der Waals surface area contributed by atoms with E-state index in [1.807, 2.05) is 0 Å². The highest BCUT2D eigenvalue weighted by atomic mass is 16.5. The molecule has 2 aliphatic heterocycles. The molecule has 1 N–H and O–H groups in total. The van der Waals surface area contributed by atoms with Crippen molar-refractivity contribution in [1.29, 1.82) is 0 Å². The predicted octanol–water partition coefficient (Wildman–Crippen LogP) is 2.20. The first-order valence-electron chi connectivity index (χ1n) is 8.06. The van der Waals surface area contributed by atoms with Crippen LogP contribution in [0.2, 0.25) is 0 Å². The Hall–Kier alpha value is -0.900. The van der Waals surface area contributed by atoms with Gasteiger partial charge in [0.1, 0.15) is 0 Å². The highest BCUT2D eigenvalue weighted by Crippen LogP contribution is 2.40. The Morgan fingerprint density at radius 3 is 2.75 bits per heavy atom. The van der Waals surface area contributed by atoms with Crippen molar-refractivity contribution >= 4 is 0 Å². The summed E-state index contributed by atoms with van der Waals surface area (Å²) in [6.07, 6.45) is 4.51. The molecule has 0 aromatic heterocycles. The standard InChI is InChI=1S/C17H24N2O/c1-2-4-13(5-3-1)15-12-19(10-9-18-15)16-8-11-20-17(16)14-6-7-14/h1-5,14-18H,6-12H2. The molecular formula is C17H24N2O. The van der Waals surface area contributed by atoms with Crippen molar-refractivity contribution in [3.63, 3.8) is 0 Å². The fourth-order valence-electron chi connectivity index (χ4n) is 3.85. The molecule has 0 bridgehead atoms. The SMILES string of the molecule is c1ccc(C2CN(C3CCOC3C3CC3)CCN2)cc1. The summed E-state index contributed by atoms with van der Waals surface area (Å²) < 4.78 is 6.02. The highest BCUT2D eigenvalue weighted by molar-refractivity contribution is 5.20. The van der Waals surface area contributed by atoms with Crippen LogP contribution in [0.15, 0.2) is 30.3 Å². The smallest absolute Gasteiger partial charge is 0.0759 e. The molecule has 3 fully saturated rings.